The van der Waals surface area contributed by atoms with E-state index in [4.69, 9.17) is 27.9 Å². The Hall–Kier alpha value is -1.33. The molecule has 0 amide bonds. The summed E-state index contributed by atoms with van der Waals surface area (Å²) in [4.78, 5) is 15.7. The van der Waals surface area contributed by atoms with Gasteiger partial charge in [0.25, 0.3) is 0 Å². The molecular weight excluding hydrogens is 306 g/mol. The third-order valence-electron chi connectivity index (χ3n) is 2.83. The van der Waals surface area contributed by atoms with Crippen LogP contribution in [0.25, 0.3) is 11.0 Å². The van der Waals surface area contributed by atoms with E-state index in [1.54, 1.807) is 11.5 Å². The van der Waals surface area contributed by atoms with Gasteiger partial charge in [0.2, 0.25) is 0 Å². The maximum absolute atomic E-state index is 13.6. The van der Waals surface area contributed by atoms with Crippen LogP contribution in [0.5, 0.6) is 0 Å². The van der Waals surface area contributed by atoms with Gasteiger partial charge in [-0.3, -0.25) is 4.79 Å². The van der Waals surface area contributed by atoms with E-state index in [9.17, 15) is 9.18 Å². The first-order valence-corrected chi connectivity index (χ1v) is 7.03. The highest BCUT2D eigenvalue weighted by Crippen LogP contribution is 2.24. The van der Waals surface area contributed by atoms with Gasteiger partial charge in [-0.2, -0.15) is 0 Å². The third-order valence-corrected chi connectivity index (χ3v) is 3.36. The number of aromatic nitrogens is 2. The van der Waals surface area contributed by atoms with E-state index in [1.807, 2.05) is 0 Å². The van der Waals surface area contributed by atoms with Crippen LogP contribution >= 0.6 is 23.2 Å². The number of fused-ring (bicyclic) bond motifs is 1. The molecule has 4 nitrogen and oxygen atoms in total. The predicted octanol–water partition coefficient (Wildman–Crippen LogP) is 3.52. The van der Waals surface area contributed by atoms with Gasteiger partial charge in [-0.15, -0.1) is 11.6 Å². The summed E-state index contributed by atoms with van der Waals surface area (Å²) in [6.45, 7) is 2.40. The van der Waals surface area contributed by atoms with Crippen molar-refractivity contribution in [2.24, 2.45) is 0 Å². The Morgan fingerprint density at radius 3 is 2.90 bits per heavy atom. The van der Waals surface area contributed by atoms with Crippen molar-refractivity contribution in [3.8, 4) is 0 Å². The van der Waals surface area contributed by atoms with Crippen molar-refractivity contribution in [3.63, 3.8) is 0 Å². The highest BCUT2D eigenvalue weighted by Gasteiger charge is 2.14. The van der Waals surface area contributed by atoms with Crippen LogP contribution in [0.1, 0.15) is 19.2 Å². The minimum absolute atomic E-state index is 0.00802. The molecule has 1 heterocycles. The lowest BCUT2D eigenvalue weighted by Crippen LogP contribution is -2.10. The summed E-state index contributed by atoms with van der Waals surface area (Å²) in [5, 5.41) is 0.00802. The van der Waals surface area contributed by atoms with Crippen molar-refractivity contribution < 1.29 is 13.9 Å². The average Bonchev–Trinajstić information content (AvgIpc) is 2.74. The van der Waals surface area contributed by atoms with Crippen LogP contribution in [0.3, 0.4) is 0 Å². The van der Waals surface area contributed by atoms with E-state index in [2.05, 4.69) is 4.98 Å². The van der Waals surface area contributed by atoms with Crippen LogP contribution in [-0.4, -0.2) is 22.1 Å². The number of hydrogen-bond donors (Lipinski definition) is 0. The van der Waals surface area contributed by atoms with E-state index < -0.39 is 5.82 Å². The van der Waals surface area contributed by atoms with Crippen LogP contribution in [0.15, 0.2) is 12.1 Å². The number of imidazole rings is 1. The van der Waals surface area contributed by atoms with Gasteiger partial charge in [-0.25, -0.2) is 9.37 Å². The molecule has 0 atom stereocenters. The fourth-order valence-electron chi connectivity index (χ4n) is 1.96. The number of rotatable bonds is 5. The lowest BCUT2D eigenvalue weighted by Gasteiger charge is -2.07. The number of alkyl halides is 1. The largest absolute Gasteiger partial charge is 0.466 e. The number of nitrogens with zero attached hydrogens (tertiary/aromatic N) is 2. The van der Waals surface area contributed by atoms with E-state index in [-0.39, 0.29) is 23.3 Å². The van der Waals surface area contributed by atoms with Gasteiger partial charge < -0.3 is 9.30 Å². The molecule has 0 aliphatic rings. The molecule has 0 fully saturated rings. The van der Waals surface area contributed by atoms with Crippen molar-refractivity contribution in [2.75, 3.05) is 6.61 Å². The summed E-state index contributed by atoms with van der Waals surface area (Å²) in [5.74, 6) is -0.119. The molecule has 0 spiro atoms. The Kier molecular flexibility index (Phi) is 4.83. The van der Waals surface area contributed by atoms with Gasteiger partial charge in [0.1, 0.15) is 11.6 Å². The van der Waals surface area contributed by atoms with Gasteiger partial charge in [0.15, 0.2) is 0 Å². The van der Waals surface area contributed by atoms with Crippen molar-refractivity contribution in [1.82, 2.24) is 9.55 Å². The standard InChI is InChI=1S/C13H13Cl2FN2O2/c1-2-20-13(19)3-4-18-11-6-9(16)8(15)5-10(11)17-12(18)7-14/h5-6H,2-4,7H2,1H3. The Morgan fingerprint density at radius 1 is 1.50 bits per heavy atom. The fourth-order valence-corrected chi connectivity index (χ4v) is 2.32. The number of hydrogen-bond acceptors (Lipinski definition) is 3. The normalized spacial score (nSPS) is 11.0. The smallest absolute Gasteiger partial charge is 0.307 e. The van der Waals surface area contributed by atoms with E-state index >= 15 is 0 Å². The first-order valence-electron chi connectivity index (χ1n) is 6.12. The van der Waals surface area contributed by atoms with Crippen LogP contribution in [0.2, 0.25) is 5.02 Å². The summed E-state index contributed by atoms with van der Waals surface area (Å²) in [6.07, 6.45) is 0.174. The van der Waals surface area contributed by atoms with Gasteiger partial charge in [-0.05, 0) is 13.0 Å². The minimum Gasteiger partial charge on any atom is -0.466 e. The molecule has 108 valence electrons. The zero-order valence-corrected chi connectivity index (χ0v) is 12.3. The Labute approximate surface area is 125 Å². The second-order valence-electron chi connectivity index (χ2n) is 4.12. The van der Waals surface area contributed by atoms with Crippen LogP contribution < -0.4 is 0 Å². The number of ether oxygens (including phenoxy) is 1. The summed E-state index contributed by atoms with van der Waals surface area (Å²) >= 11 is 11.6. The Balaban J connectivity index is 2.35. The number of halogens is 3. The number of esters is 1. The summed E-state index contributed by atoms with van der Waals surface area (Å²) in [7, 11) is 0. The molecule has 0 radical (unpaired) electrons. The summed E-state index contributed by atoms with van der Waals surface area (Å²) in [6, 6.07) is 2.75. The predicted molar refractivity (Wildman–Crippen MR) is 75.5 cm³/mol. The lowest BCUT2D eigenvalue weighted by molar-refractivity contribution is -0.143. The molecule has 2 aromatic rings. The zero-order valence-electron chi connectivity index (χ0n) is 10.8. The highest BCUT2D eigenvalue weighted by atomic mass is 35.5. The minimum atomic E-state index is -0.530. The third kappa shape index (κ3) is 3.04. The SMILES string of the molecule is CCOC(=O)CCn1c(CCl)nc2cc(Cl)c(F)cc21. The number of benzene rings is 1. The van der Waals surface area contributed by atoms with Gasteiger partial charge in [0, 0.05) is 12.6 Å². The molecule has 2 rings (SSSR count). The second kappa shape index (κ2) is 6.41. The topological polar surface area (TPSA) is 44.1 Å². The van der Waals surface area contributed by atoms with Gasteiger partial charge in [0.05, 0.1) is 35.0 Å². The Bertz CT molecular complexity index is 643. The summed E-state index contributed by atoms with van der Waals surface area (Å²) < 4.78 is 20.1. The molecule has 7 heteroatoms. The maximum Gasteiger partial charge on any atom is 0.307 e. The second-order valence-corrected chi connectivity index (χ2v) is 4.80. The first-order chi connectivity index (χ1) is 9.56. The average molecular weight is 319 g/mol. The van der Waals surface area contributed by atoms with Crippen LogP contribution in [0.4, 0.5) is 4.39 Å². The van der Waals surface area contributed by atoms with Crippen molar-refractivity contribution >= 4 is 40.2 Å². The van der Waals surface area contributed by atoms with E-state index in [0.717, 1.165) is 0 Å². The van der Waals surface area contributed by atoms with Crippen molar-refractivity contribution in [2.45, 2.75) is 25.8 Å². The quantitative estimate of drug-likeness (QED) is 0.626. The number of carbonyl (C=O) groups is 1. The van der Waals surface area contributed by atoms with Crippen molar-refractivity contribution in [1.29, 1.82) is 0 Å². The zero-order chi connectivity index (χ0) is 14.7. The molecule has 1 aromatic heterocycles. The van der Waals surface area contributed by atoms with Crippen LogP contribution in [-0.2, 0) is 22.0 Å². The monoisotopic (exact) mass is 318 g/mol. The number of carbonyl (C=O) groups excluding carboxylic acids is 1. The fraction of sp³-hybridized carbons (Fsp3) is 0.385. The lowest BCUT2D eigenvalue weighted by atomic mass is 10.3. The van der Waals surface area contributed by atoms with E-state index in [0.29, 0.717) is 30.0 Å². The molecular formula is C13H13Cl2FN2O2. The molecule has 0 N–H and O–H groups in total. The molecule has 0 saturated carbocycles. The summed E-state index contributed by atoms with van der Waals surface area (Å²) in [5.41, 5.74) is 1.11. The molecule has 20 heavy (non-hydrogen) atoms. The molecule has 0 unspecified atom stereocenters. The molecule has 0 bridgehead atoms. The highest BCUT2D eigenvalue weighted by molar-refractivity contribution is 6.31. The Morgan fingerprint density at radius 2 is 2.25 bits per heavy atom. The number of aryl methyl sites for hydroxylation is 1. The maximum atomic E-state index is 13.6. The van der Waals surface area contributed by atoms with Crippen molar-refractivity contribution in [3.05, 3.63) is 28.8 Å². The molecule has 0 aliphatic heterocycles. The molecule has 1 aromatic carbocycles. The van der Waals surface area contributed by atoms with Crippen LogP contribution in [0, 0.1) is 5.82 Å². The van der Waals surface area contributed by atoms with E-state index in [1.165, 1.54) is 12.1 Å². The first kappa shape index (κ1) is 15.1. The van der Waals surface area contributed by atoms with Gasteiger partial charge in [-0.1, -0.05) is 11.6 Å². The molecule has 0 saturated heterocycles. The molecule has 0 aliphatic carbocycles. The van der Waals surface area contributed by atoms with Gasteiger partial charge >= 0.3 is 5.97 Å².